The highest BCUT2D eigenvalue weighted by atomic mass is 16.5. The van der Waals surface area contributed by atoms with Crippen LogP contribution in [0.2, 0.25) is 0 Å². The third kappa shape index (κ3) is 3.95. The predicted octanol–water partition coefficient (Wildman–Crippen LogP) is 1.16. The van der Waals surface area contributed by atoms with Crippen molar-refractivity contribution in [3.63, 3.8) is 0 Å². The quantitative estimate of drug-likeness (QED) is 0.779. The Morgan fingerprint density at radius 1 is 1.42 bits per heavy atom. The highest BCUT2D eigenvalue weighted by molar-refractivity contribution is 5.99. The van der Waals surface area contributed by atoms with E-state index in [1.807, 2.05) is 0 Å². The van der Waals surface area contributed by atoms with Gasteiger partial charge in [0.15, 0.2) is 0 Å². The molecule has 0 aliphatic carbocycles. The minimum absolute atomic E-state index is 0.0133. The number of nitrogens with zero attached hydrogens (tertiary/aromatic N) is 2. The van der Waals surface area contributed by atoms with E-state index in [4.69, 9.17) is 9.84 Å². The van der Waals surface area contributed by atoms with Gasteiger partial charge < -0.3 is 20.1 Å². The molecule has 0 bridgehead atoms. The van der Waals surface area contributed by atoms with Crippen LogP contribution < -0.4 is 15.0 Å². The highest BCUT2D eigenvalue weighted by Crippen LogP contribution is 2.30. The Morgan fingerprint density at radius 3 is 2.75 bits per heavy atom. The highest BCUT2D eigenvalue weighted by Gasteiger charge is 2.25. The van der Waals surface area contributed by atoms with Gasteiger partial charge in [-0.25, -0.2) is 4.79 Å². The van der Waals surface area contributed by atoms with Gasteiger partial charge in [0.1, 0.15) is 5.75 Å². The van der Waals surface area contributed by atoms with E-state index in [1.54, 1.807) is 25.2 Å². The molecule has 1 heterocycles. The molecule has 1 fully saturated rings. The SMILES string of the molecule is COc1ccc(C(=O)N(C)CCCC(=O)O)cc1N1CCNC1=O. The summed E-state index contributed by atoms with van der Waals surface area (Å²) in [4.78, 5) is 37.9. The van der Waals surface area contributed by atoms with Crippen LogP contribution in [0.5, 0.6) is 5.75 Å². The molecule has 1 aliphatic rings. The second-order valence-corrected chi connectivity index (χ2v) is 5.49. The summed E-state index contributed by atoms with van der Waals surface area (Å²) in [6.45, 7) is 1.38. The van der Waals surface area contributed by atoms with Crippen molar-refractivity contribution in [2.75, 3.05) is 38.7 Å². The van der Waals surface area contributed by atoms with Crippen LogP contribution in [-0.2, 0) is 4.79 Å². The van der Waals surface area contributed by atoms with Crippen molar-refractivity contribution in [2.24, 2.45) is 0 Å². The minimum atomic E-state index is -0.886. The van der Waals surface area contributed by atoms with Crippen LogP contribution in [0.25, 0.3) is 0 Å². The number of amides is 3. The Hall–Kier alpha value is -2.77. The van der Waals surface area contributed by atoms with Crippen LogP contribution in [0.1, 0.15) is 23.2 Å². The summed E-state index contributed by atoms with van der Waals surface area (Å²) in [6.07, 6.45) is 0.397. The van der Waals surface area contributed by atoms with E-state index in [0.717, 1.165) is 0 Å². The number of nitrogens with one attached hydrogen (secondary N) is 1. The topological polar surface area (TPSA) is 99.2 Å². The van der Waals surface area contributed by atoms with Crippen molar-refractivity contribution in [2.45, 2.75) is 12.8 Å². The Labute approximate surface area is 140 Å². The van der Waals surface area contributed by atoms with Crippen molar-refractivity contribution in [1.29, 1.82) is 0 Å². The molecule has 0 spiro atoms. The lowest BCUT2D eigenvalue weighted by Crippen LogP contribution is -2.30. The number of anilines is 1. The van der Waals surface area contributed by atoms with E-state index in [0.29, 0.717) is 43.1 Å². The van der Waals surface area contributed by atoms with Crippen LogP contribution in [0.3, 0.4) is 0 Å². The minimum Gasteiger partial charge on any atom is -0.495 e. The van der Waals surface area contributed by atoms with Crippen LogP contribution in [0.4, 0.5) is 10.5 Å². The molecule has 0 unspecified atom stereocenters. The lowest BCUT2D eigenvalue weighted by atomic mass is 10.1. The molecular weight excluding hydrogens is 314 g/mol. The first kappa shape index (κ1) is 17.6. The Bertz CT molecular complexity index is 647. The van der Waals surface area contributed by atoms with Crippen LogP contribution >= 0.6 is 0 Å². The smallest absolute Gasteiger partial charge is 0.322 e. The zero-order valence-electron chi connectivity index (χ0n) is 13.7. The maximum Gasteiger partial charge on any atom is 0.322 e. The number of urea groups is 1. The number of carboxylic acid groups (broad SMARTS) is 1. The first-order valence-corrected chi connectivity index (χ1v) is 7.64. The van der Waals surface area contributed by atoms with Gasteiger partial charge in [0, 0.05) is 38.7 Å². The average molecular weight is 335 g/mol. The molecule has 8 heteroatoms. The van der Waals surface area contributed by atoms with Crippen molar-refractivity contribution in [1.82, 2.24) is 10.2 Å². The molecule has 1 aromatic rings. The van der Waals surface area contributed by atoms with Gasteiger partial charge in [0.05, 0.1) is 12.8 Å². The fourth-order valence-corrected chi connectivity index (χ4v) is 2.52. The largest absolute Gasteiger partial charge is 0.495 e. The molecule has 2 rings (SSSR count). The molecule has 3 amide bonds. The number of ether oxygens (including phenoxy) is 1. The van der Waals surface area contributed by atoms with E-state index in [-0.39, 0.29) is 18.4 Å². The molecule has 0 radical (unpaired) electrons. The van der Waals surface area contributed by atoms with Crippen molar-refractivity contribution < 1.29 is 24.2 Å². The normalized spacial score (nSPS) is 13.6. The zero-order valence-corrected chi connectivity index (χ0v) is 13.7. The first-order chi connectivity index (χ1) is 11.4. The van der Waals surface area contributed by atoms with Gasteiger partial charge in [0.25, 0.3) is 5.91 Å². The average Bonchev–Trinajstić information content (AvgIpc) is 2.99. The summed E-state index contributed by atoms with van der Waals surface area (Å²) >= 11 is 0. The number of rotatable bonds is 7. The Kier molecular flexibility index (Phi) is 5.62. The van der Waals surface area contributed by atoms with E-state index in [2.05, 4.69) is 5.32 Å². The van der Waals surface area contributed by atoms with Crippen LogP contribution in [0, 0.1) is 0 Å². The second-order valence-electron chi connectivity index (χ2n) is 5.49. The standard InChI is InChI=1S/C16H21N3O5/c1-18(8-3-4-14(20)21)15(22)11-5-6-13(24-2)12(10-11)19-9-7-17-16(19)23/h5-6,10H,3-4,7-9H2,1-2H3,(H,17,23)(H,20,21). The lowest BCUT2D eigenvalue weighted by Gasteiger charge is -2.21. The number of carboxylic acids is 1. The third-order valence-electron chi connectivity index (χ3n) is 3.80. The summed E-state index contributed by atoms with van der Waals surface area (Å²) in [6, 6.07) is 4.68. The zero-order chi connectivity index (χ0) is 17.7. The molecular formula is C16H21N3O5. The first-order valence-electron chi connectivity index (χ1n) is 7.64. The Balaban J connectivity index is 2.16. The maximum atomic E-state index is 12.5. The van der Waals surface area contributed by atoms with Gasteiger partial charge >= 0.3 is 12.0 Å². The number of methoxy groups -OCH3 is 1. The molecule has 2 N–H and O–H groups in total. The van der Waals surface area contributed by atoms with Gasteiger partial charge in [-0.3, -0.25) is 14.5 Å². The van der Waals surface area contributed by atoms with E-state index in [9.17, 15) is 14.4 Å². The Morgan fingerprint density at radius 2 is 2.17 bits per heavy atom. The summed E-state index contributed by atoms with van der Waals surface area (Å²) in [5.74, 6) is -0.608. The summed E-state index contributed by atoms with van der Waals surface area (Å²) in [5, 5.41) is 11.4. The molecule has 0 saturated carbocycles. The van der Waals surface area contributed by atoms with E-state index in [1.165, 1.54) is 16.9 Å². The number of carbonyl (C=O) groups is 3. The van der Waals surface area contributed by atoms with Crippen molar-refractivity contribution in [3.05, 3.63) is 23.8 Å². The lowest BCUT2D eigenvalue weighted by molar-refractivity contribution is -0.137. The number of benzene rings is 1. The van der Waals surface area contributed by atoms with Crippen LogP contribution in [-0.4, -0.2) is 61.7 Å². The molecule has 130 valence electrons. The molecule has 0 atom stereocenters. The summed E-state index contributed by atoms with van der Waals surface area (Å²) in [5.41, 5.74) is 0.959. The number of hydrogen-bond donors (Lipinski definition) is 2. The number of aliphatic carboxylic acids is 1. The van der Waals surface area contributed by atoms with Crippen molar-refractivity contribution >= 4 is 23.6 Å². The van der Waals surface area contributed by atoms with E-state index < -0.39 is 5.97 Å². The molecule has 1 aromatic carbocycles. The monoisotopic (exact) mass is 335 g/mol. The van der Waals surface area contributed by atoms with Crippen LogP contribution in [0.15, 0.2) is 18.2 Å². The summed E-state index contributed by atoms with van der Waals surface area (Å²) < 4.78 is 5.28. The molecule has 24 heavy (non-hydrogen) atoms. The molecule has 1 aliphatic heterocycles. The third-order valence-corrected chi connectivity index (χ3v) is 3.80. The fraction of sp³-hybridized carbons (Fsp3) is 0.438. The van der Waals surface area contributed by atoms with Gasteiger partial charge in [-0.2, -0.15) is 0 Å². The number of hydrogen-bond acceptors (Lipinski definition) is 4. The molecule has 0 aromatic heterocycles. The van der Waals surface area contributed by atoms with Gasteiger partial charge in [-0.15, -0.1) is 0 Å². The fourth-order valence-electron chi connectivity index (χ4n) is 2.52. The van der Waals surface area contributed by atoms with Crippen molar-refractivity contribution in [3.8, 4) is 5.75 Å². The summed E-state index contributed by atoms with van der Waals surface area (Å²) in [7, 11) is 3.13. The maximum absolute atomic E-state index is 12.5. The molecule has 1 saturated heterocycles. The predicted molar refractivity (Wildman–Crippen MR) is 87.6 cm³/mol. The van der Waals surface area contributed by atoms with Gasteiger partial charge in [-0.1, -0.05) is 0 Å². The van der Waals surface area contributed by atoms with Gasteiger partial charge in [0.2, 0.25) is 0 Å². The van der Waals surface area contributed by atoms with E-state index >= 15 is 0 Å². The number of carbonyl (C=O) groups excluding carboxylic acids is 2. The second kappa shape index (κ2) is 7.67. The van der Waals surface area contributed by atoms with Gasteiger partial charge in [-0.05, 0) is 24.6 Å². The molecule has 8 nitrogen and oxygen atoms in total.